The van der Waals surface area contributed by atoms with Crippen molar-refractivity contribution in [1.29, 1.82) is 0 Å². The highest BCUT2D eigenvalue weighted by Gasteiger charge is 2.30. The Labute approximate surface area is 144 Å². The molecule has 4 nitrogen and oxygen atoms in total. The van der Waals surface area contributed by atoms with Gasteiger partial charge in [-0.2, -0.15) is 0 Å². The minimum atomic E-state index is -1.23. The van der Waals surface area contributed by atoms with Crippen LogP contribution in [0.15, 0.2) is 59.1 Å². The van der Waals surface area contributed by atoms with E-state index >= 15 is 0 Å². The molecule has 122 valence electrons. The number of aryl methyl sites for hydroxylation is 1. The van der Waals surface area contributed by atoms with Crippen molar-refractivity contribution in [2.75, 3.05) is 6.61 Å². The van der Waals surface area contributed by atoms with Crippen molar-refractivity contribution in [2.45, 2.75) is 24.9 Å². The molecule has 0 bridgehead atoms. The highest BCUT2D eigenvalue weighted by Crippen LogP contribution is 2.28. The minimum Gasteiger partial charge on any atom is -0.446 e. The van der Waals surface area contributed by atoms with Gasteiger partial charge in [-0.25, -0.2) is 4.79 Å². The van der Waals surface area contributed by atoms with Gasteiger partial charge in [0.1, 0.15) is 12.2 Å². The first-order valence-corrected chi connectivity index (χ1v) is 8.23. The topological polar surface area (TPSA) is 72.6 Å². The summed E-state index contributed by atoms with van der Waals surface area (Å²) in [7, 11) is 0. The number of aliphatic hydroxyl groups is 1. The maximum Gasteiger partial charge on any atom is 0.404 e. The first-order valence-electron chi connectivity index (χ1n) is 7.44. The van der Waals surface area contributed by atoms with Crippen molar-refractivity contribution in [3.05, 3.63) is 70.2 Å². The summed E-state index contributed by atoms with van der Waals surface area (Å²) in [4.78, 5) is 10.9. The van der Waals surface area contributed by atoms with Crippen molar-refractivity contribution in [3.8, 4) is 0 Å². The van der Waals surface area contributed by atoms with Crippen LogP contribution >= 0.6 is 15.9 Å². The molecule has 0 aliphatic carbocycles. The lowest BCUT2D eigenvalue weighted by molar-refractivity contribution is -0.0322. The second-order valence-electron chi connectivity index (χ2n) is 5.49. The van der Waals surface area contributed by atoms with Crippen molar-refractivity contribution in [2.24, 2.45) is 5.73 Å². The minimum absolute atomic E-state index is 0.146. The Bertz CT molecular complexity index is 630. The van der Waals surface area contributed by atoms with E-state index in [9.17, 15) is 9.90 Å². The predicted molar refractivity (Wildman–Crippen MR) is 93.0 cm³/mol. The Balaban J connectivity index is 2.02. The molecular weight excluding hydrogens is 358 g/mol. The summed E-state index contributed by atoms with van der Waals surface area (Å²) in [6.45, 7) is -0.146. The van der Waals surface area contributed by atoms with Gasteiger partial charge in [0.15, 0.2) is 0 Å². The van der Waals surface area contributed by atoms with E-state index in [1.807, 2.05) is 54.6 Å². The average Bonchev–Trinajstić information content (AvgIpc) is 2.56. The molecule has 1 atom stereocenters. The van der Waals surface area contributed by atoms with Crippen LogP contribution in [0.3, 0.4) is 0 Å². The number of ether oxygens (including phenoxy) is 1. The van der Waals surface area contributed by atoms with E-state index in [2.05, 4.69) is 15.9 Å². The fraction of sp³-hybridized carbons (Fsp3) is 0.278. The van der Waals surface area contributed by atoms with Crippen molar-refractivity contribution in [1.82, 2.24) is 0 Å². The third-order valence-corrected chi connectivity index (χ3v) is 4.26. The second kappa shape index (κ2) is 8.13. The molecular formula is C18H20BrNO3. The van der Waals surface area contributed by atoms with Gasteiger partial charge < -0.3 is 15.6 Å². The van der Waals surface area contributed by atoms with E-state index < -0.39 is 11.7 Å². The van der Waals surface area contributed by atoms with Crippen LogP contribution in [-0.2, 0) is 16.8 Å². The quantitative estimate of drug-likeness (QED) is 0.771. The van der Waals surface area contributed by atoms with Crippen LogP contribution in [0.5, 0.6) is 0 Å². The molecule has 0 aliphatic heterocycles. The summed E-state index contributed by atoms with van der Waals surface area (Å²) in [5.41, 5.74) is 5.72. The van der Waals surface area contributed by atoms with E-state index in [1.165, 1.54) is 5.56 Å². The van der Waals surface area contributed by atoms with Crippen LogP contribution in [0.2, 0.25) is 0 Å². The molecule has 0 aliphatic rings. The second-order valence-corrected chi connectivity index (χ2v) is 6.40. The fourth-order valence-corrected chi connectivity index (χ4v) is 2.74. The fourth-order valence-electron chi connectivity index (χ4n) is 2.47. The van der Waals surface area contributed by atoms with Crippen molar-refractivity contribution < 1.29 is 14.6 Å². The third-order valence-electron chi connectivity index (χ3n) is 3.73. The largest absolute Gasteiger partial charge is 0.446 e. The lowest BCUT2D eigenvalue weighted by Crippen LogP contribution is -2.34. The van der Waals surface area contributed by atoms with Crippen molar-refractivity contribution in [3.63, 3.8) is 0 Å². The van der Waals surface area contributed by atoms with Gasteiger partial charge in [0.05, 0.1) is 0 Å². The summed E-state index contributed by atoms with van der Waals surface area (Å²) in [5.74, 6) is 0. The van der Waals surface area contributed by atoms with E-state index in [1.54, 1.807) is 0 Å². The zero-order valence-corrected chi connectivity index (χ0v) is 14.3. The van der Waals surface area contributed by atoms with Gasteiger partial charge in [-0.1, -0.05) is 58.4 Å². The Morgan fingerprint density at radius 2 is 1.78 bits per heavy atom. The average molecular weight is 378 g/mol. The summed E-state index contributed by atoms with van der Waals surface area (Å²) < 4.78 is 5.90. The number of amides is 1. The molecule has 2 rings (SSSR count). The highest BCUT2D eigenvalue weighted by atomic mass is 79.9. The van der Waals surface area contributed by atoms with Crippen LogP contribution < -0.4 is 5.73 Å². The zero-order valence-electron chi connectivity index (χ0n) is 12.7. The summed E-state index contributed by atoms with van der Waals surface area (Å²) in [5, 5.41) is 10.9. The SMILES string of the molecule is NC(=O)OC[C@@](O)(CCCc1ccc(Br)cc1)c1ccccc1. The first-order chi connectivity index (χ1) is 11.0. The van der Waals surface area contributed by atoms with E-state index in [-0.39, 0.29) is 6.61 Å². The smallest absolute Gasteiger partial charge is 0.404 e. The van der Waals surface area contributed by atoms with Crippen LogP contribution in [0.1, 0.15) is 24.0 Å². The maximum absolute atomic E-state index is 10.9. The van der Waals surface area contributed by atoms with Gasteiger partial charge in [0.25, 0.3) is 0 Å². The maximum atomic E-state index is 10.9. The number of hydrogen-bond donors (Lipinski definition) is 2. The molecule has 2 aromatic rings. The Kier molecular flexibility index (Phi) is 6.19. The van der Waals surface area contributed by atoms with Gasteiger partial charge in [-0.3, -0.25) is 0 Å². The van der Waals surface area contributed by atoms with Gasteiger partial charge >= 0.3 is 6.09 Å². The summed E-state index contributed by atoms with van der Waals surface area (Å²) in [6, 6.07) is 17.3. The van der Waals surface area contributed by atoms with Crippen LogP contribution in [0, 0.1) is 0 Å². The molecule has 0 radical (unpaired) electrons. The van der Waals surface area contributed by atoms with E-state index in [4.69, 9.17) is 10.5 Å². The molecule has 23 heavy (non-hydrogen) atoms. The number of nitrogens with two attached hydrogens (primary N) is 1. The zero-order chi connectivity index (χ0) is 16.7. The summed E-state index contributed by atoms with van der Waals surface area (Å²) >= 11 is 3.41. The van der Waals surface area contributed by atoms with Gasteiger partial charge in [0.2, 0.25) is 0 Å². The number of carbonyl (C=O) groups excluding carboxylic acids is 1. The lowest BCUT2D eigenvalue weighted by atomic mass is 9.88. The molecule has 0 aromatic heterocycles. The highest BCUT2D eigenvalue weighted by molar-refractivity contribution is 9.10. The number of benzene rings is 2. The lowest BCUT2D eigenvalue weighted by Gasteiger charge is -2.28. The van der Waals surface area contributed by atoms with Crippen LogP contribution in [0.4, 0.5) is 4.79 Å². The molecule has 0 unspecified atom stereocenters. The number of rotatable bonds is 7. The molecule has 5 heteroatoms. The molecule has 0 spiro atoms. The Morgan fingerprint density at radius 3 is 2.39 bits per heavy atom. The van der Waals surface area contributed by atoms with E-state index in [0.29, 0.717) is 6.42 Å². The molecule has 0 heterocycles. The standard InChI is InChI=1S/C18H20BrNO3/c19-16-10-8-14(9-11-16)5-4-12-18(22,13-23-17(20)21)15-6-2-1-3-7-15/h1-3,6-11,22H,4-5,12-13H2,(H2,20,21)/t18-/m0/s1. The molecule has 0 saturated carbocycles. The molecule has 0 fully saturated rings. The third kappa shape index (κ3) is 5.37. The number of carbonyl (C=O) groups is 1. The van der Waals surface area contributed by atoms with Gasteiger partial charge in [-0.15, -0.1) is 0 Å². The molecule has 2 aromatic carbocycles. The predicted octanol–water partition coefficient (Wildman–Crippen LogP) is 3.75. The Hall–Kier alpha value is -1.85. The molecule has 1 amide bonds. The normalized spacial score (nSPS) is 13.3. The molecule has 3 N–H and O–H groups in total. The first kappa shape index (κ1) is 17.5. The Morgan fingerprint density at radius 1 is 1.13 bits per heavy atom. The number of hydrogen-bond acceptors (Lipinski definition) is 3. The monoisotopic (exact) mass is 377 g/mol. The summed E-state index contributed by atoms with van der Waals surface area (Å²) in [6.07, 6.45) is 1.18. The van der Waals surface area contributed by atoms with Crippen molar-refractivity contribution >= 4 is 22.0 Å². The van der Waals surface area contributed by atoms with Gasteiger partial charge in [0, 0.05) is 4.47 Å². The van der Waals surface area contributed by atoms with Crippen LogP contribution in [-0.4, -0.2) is 17.8 Å². The van der Waals surface area contributed by atoms with E-state index in [0.717, 1.165) is 22.9 Å². The van der Waals surface area contributed by atoms with Gasteiger partial charge in [-0.05, 0) is 42.5 Å². The number of primary amides is 1. The van der Waals surface area contributed by atoms with Crippen LogP contribution in [0.25, 0.3) is 0 Å². The molecule has 0 saturated heterocycles. The number of halogens is 1.